The van der Waals surface area contributed by atoms with Gasteiger partial charge in [-0.05, 0) is 40.7 Å². The molecule has 0 aliphatic rings. The van der Waals surface area contributed by atoms with Gasteiger partial charge < -0.3 is 15.0 Å². The van der Waals surface area contributed by atoms with Gasteiger partial charge in [0.15, 0.2) is 0 Å². The Balaban J connectivity index is 2.75. The summed E-state index contributed by atoms with van der Waals surface area (Å²) in [7, 11) is 1.95. The summed E-state index contributed by atoms with van der Waals surface area (Å²) >= 11 is 0. The molecule has 5 heteroatoms. The molecule has 1 heterocycles. The molecule has 0 saturated heterocycles. The highest BCUT2D eigenvalue weighted by molar-refractivity contribution is 5.46. The SMILES string of the molecule is CC(C)OCCN(C)c1ncc(F)cc1CNC(C)(C)C. The lowest BCUT2D eigenvalue weighted by atomic mass is 10.1. The summed E-state index contributed by atoms with van der Waals surface area (Å²) in [6.45, 7) is 12.2. The Morgan fingerprint density at radius 2 is 2.05 bits per heavy atom. The molecular formula is C16H28FN3O. The summed E-state index contributed by atoms with van der Waals surface area (Å²) in [5.74, 6) is 0.483. The number of pyridine rings is 1. The molecule has 1 N–H and O–H groups in total. The molecule has 21 heavy (non-hydrogen) atoms. The van der Waals surface area contributed by atoms with Gasteiger partial charge in [-0.2, -0.15) is 0 Å². The van der Waals surface area contributed by atoms with E-state index in [1.165, 1.54) is 6.20 Å². The number of ether oxygens (including phenoxy) is 1. The molecule has 4 nitrogen and oxygen atoms in total. The average molecular weight is 297 g/mol. The van der Waals surface area contributed by atoms with Crippen LogP contribution in [0.4, 0.5) is 10.2 Å². The van der Waals surface area contributed by atoms with Crippen LogP contribution in [0.15, 0.2) is 12.3 Å². The third kappa shape index (κ3) is 6.87. The molecule has 0 amide bonds. The topological polar surface area (TPSA) is 37.4 Å². The van der Waals surface area contributed by atoms with Crippen molar-refractivity contribution in [3.05, 3.63) is 23.6 Å². The molecule has 0 spiro atoms. The van der Waals surface area contributed by atoms with Crippen molar-refractivity contribution in [2.75, 3.05) is 25.1 Å². The van der Waals surface area contributed by atoms with Gasteiger partial charge in [-0.15, -0.1) is 0 Å². The largest absolute Gasteiger partial charge is 0.377 e. The molecule has 0 bridgehead atoms. The van der Waals surface area contributed by atoms with Crippen LogP contribution in [0.2, 0.25) is 0 Å². The van der Waals surface area contributed by atoms with E-state index >= 15 is 0 Å². The first-order valence-corrected chi connectivity index (χ1v) is 7.41. The van der Waals surface area contributed by atoms with E-state index in [1.54, 1.807) is 6.07 Å². The fourth-order valence-electron chi connectivity index (χ4n) is 1.84. The third-order valence-corrected chi connectivity index (χ3v) is 2.96. The number of hydrogen-bond acceptors (Lipinski definition) is 4. The minimum Gasteiger partial charge on any atom is -0.377 e. The fraction of sp³-hybridized carbons (Fsp3) is 0.688. The normalized spacial score (nSPS) is 12.0. The summed E-state index contributed by atoms with van der Waals surface area (Å²) in [6.07, 6.45) is 1.47. The van der Waals surface area contributed by atoms with E-state index in [2.05, 4.69) is 31.1 Å². The number of nitrogens with zero attached hydrogens (tertiary/aromatic N) is 2. The molecule has 0 unspecified atom stereocenters. The highest BCUT2D eigenvalue weighted by atomic mass is 19.1. The monoisotopic (exact) mass is 297 g/mol. The summed E-state index contributed by atoms with van der Waals surface area (Å²) in [4.78, 5) is 6.23. The predicted octanol–water partition coefficient (Wildman–Crippen LogP) is 2.97. The van der Waals surface area contributed by atoms with E-state index in [0.29, 0.717) is 13.2 Å². The summed E-state index contributed by atoms with van der Waals surface area (Å²) in [5.41, 5.74) is 0.833. The standard InChI is InChI=1S/C16H28FN3O/c1-12(2)21-8-7-20(6)15-13(9-14(17)11-18-15)10-19-16(3,4)5/h9,11-12,19H,7-8,10H2,1-6H3. The number of hydrogen-bond donors (Lipinski definition) is 1. The second kappa shape index (κ2) is 7.71. The second-order valence-electron chi connectivity index (χ2n) is 6.58. The predicted molar refractivity (Wildman–Crippen MR) is 85.1 cm³/mol. The van der Waals surface area contributed by atoms with Gasteiger partial charge in [0.2, 0.25) is 0 Å². The first kappa shape index (κ1) is 17.9. The van der Waals surface area contributed by atoms with Crippen LogP contribution in [-0.2, 0) is 11.3 Å². The van der Waals surface area contributed by atoms with E-state index in [-0.39, 0.29) is 17.5 Å². The lowest BCUT2D eigenvalue weighted by Crippen LogP contribution is -2.36. The van der Waals surface area contributed by atoms with E-state index in [1.807, 2.05) is 25.8 Å². The number of anilines is 1. The highest BCUT2D eigenvalue weighted by Crippen LogP contribution is 2.18. The third-order valence-electron chi connectivity index (χ3n) is 2.96. The van der Waals surface area contributed by atoms with Gasteiger partial charge in [0.05, 0.1) is 18.9 Å². The molecule has 1 rings (SSSR count). The van der Waals surface area contributed by atoms with Crippen molar-refractivity contribution in [1.29, 1.82) is 0 Å². The van der Waals surface area contributed by atoms with E-state index in [0.717, 1.165) is 17.9 Å². The van der Waals surface area contributed by atoms with Crippen LogP contribution in [0.1, 0.15) is 40.2 Å². The Bertz CT molecular complexity index is 444. The average Bonchev–Trinajstić information content (AvgIpc) is 2.35. The van der Waals surface area contributed by atoms with E-state index in [9.17, 15) is 4.39 Å². The van der Waals surface area contributed by atoms with Crippen molar-refractivity contribution in [2.45, 2.75) is 52.8 Å². The molecular weight excluding hydrogens is 269 g/mol. The lowest BCUT2D eigenvalue weighted by Gasteiger charge is -2.25. The van der Waals surface area contributed by atoms with Gasteiger partial charge in [0.1, 0.15) is 11.6 Å². The minimum absolute atomic E-state index is 0.0249. The van der Waals surface area contributed by atoms with Crippen molar-refractivity contribution in [3.63, 3.8) is 0 Å². The molecule has 0 aliphatic carbocycles. The maximum atomic E-state index is 13.5. The van der Waals surface area contributed by atoms with Crippen molar-refractivity contribution in [1.82, 2.24) is 10.3 Å². The Morgan fingerprint density at radius 3 is 2.62 bits per heavy atom. The maximum Gasteiger partial charge on any atom is 0.141 e. The van der Waals surface area contributed by atoms with Crippen LogP contribution in [0.5, 0.6) is 0 Å². The quantitative estimate of drug-likeness (QED) is 0.839. The molecule has 0 radical (unpaired) electrons. The Hall–Kier alpha value is -1.20. The van der Waals surface area contributed by atoms with Gasteiger partial charge >= 0.3 is 0 Å². The molecule has 1 aromatic rings. The smallest absolute Gasteiger partial charge is 0.141 e. The zero-order chi connectivity index (χ0) is 16.0. The number of aromatic nitrogens is 1. The zero-order valence-electron chi connectivity index (χ0n) is 14.0. The molecule has 0 saturated carbocycles. The number of nitrogens with one attached hydrogen (secondary N) is 1. The van der Waals surface area contributed by atoms with Crippen LogP contribution in [0.25, 0.3) is 0 Å². The summed E-state index contributed by atoms with van der Waals surface area (Å²) in [5, 5.41) is 3.37. The van der Waals surface area contributed by atoms with Crippen LogP contribution < -0.4 is 10.2 Å². The maximum absolute atomic E-state index is 13.5. The van der Waals surface area contributed by atoms with Crippen LogP contribution >= 0.6 is 0 Å². The Labute approximate surface area is 127 Å². The Morgan fingerprint density at radius 1 is 1.38 bits per heavy atom. The Kier molecular flexibility index (Phi) is 6.55. The van der Waals surface area contributed by atoms with Gasteiger partial charge in [0, 0.05) is 31.2 Å². The van der Waals surface area contributed by atoms with Gasteiger partial charge in [-0.25, -0.2) is 9.37 Å². The molecule has 0 aromatic carbocycles. The van der Waals surface area contributed by atoms with Gasteiger partial charge in [-0.3, -0.25) is 0 Å². The number of halogens is 1. The number of likely N-dealkylation sites (N-methyl/N-ethyl adjacent to an activating group) is 1. The van der Waals surface area contributed by atoms with Crippen molar-refractivity contribution >= 4 is 5.82 Å². The molecule has 0 fully saturated rings. The second-order valence-corrected chi connectivity index (χ2v) is 6.58. The first-order chi connectivity index (χ1) is 9.69. The highest BCUT2D eigenvalue weighted by Gasteiger charge is 2.14. The summed E-state index contributed by atoms with van der Waals surface area (Å²) in [6, 6.07) is 1.54. The number of rotatable bonds is 7. The molecule has 120 valence electrons. The van der Waals surface area contributed by atoms with Crippen LogP contribution in [0, 0.1) is 5.82 Å². The van der Waals surface area contributed by atoms with E-state index in [4.69, 9.17) is 4.74 Å². The van der Waals surface area contributed by atoms with Gasteiger partial charge in [-0.1, -0.05) is 0 Å². The zero-order valence-corrected chi connectivity index (χ0v) is 14.0. The minimum atomic E-state index is -0.309. The van der Waals surface area contributed by atoms with Crippen molar-refractivity contribution < 1.29 is 9.13 Å². The summed E-state index contributed by atoms with van der Waals surface area (Å²) < 4.78 is 19.0. The van der Waals surface area contributed by atoms with Crippen LogP contribution in [0.3, 0.4) is 0 Å². The fourth-order valence-corrected chi connectivity index (χ4v) is 1.84. The van der Waals surface area contributed by atoms with Crippen molar-refractivity contribution in [2.24, 2.45) is 0 Å². The van der Waals surface area contributed by atoms with Crippen LogP contribution in [-0.4, -0.2) is 36.8 Å². The molecule has 0 aliphatic heterocycles. The molecule has 0 atom stereocenters. The van der Waals surface area contributed by atoms with Crippen molar-refractivity contribution in [3.8, 4) is 0 Å². The lowest BCUT2D eigenvalue weighted by molar-refractivity contribution is 0.0845. The van der Waals surface area contributed by atoms with E-state index < -0.39 is 0 Å². The molecule has 1 aromatic heterocycles. The van der Waals surface area contributed by atoms with Gasteiger partial charge in [0.25, 0.3) is 0 Å². The first-order valence-electron chi connectivity index (χ1n) is 7.41.